The molecule has 124 valence electrons. The van der Waals surface area contributed by atoms with Crippen molar-refractivity contribution in [3.63, 3.8) is 0 Å². The van der Waals surface area contributed by atoms with Gasteiger partial charge in [-0.05, 0) is 24.6 Å². The summed E-state index contributed by atoms with van der Waals surface area (Å²) < 4.78 is 33.7. The van der Waals surface area contributed by atoms with Gasteiger partial charge in [-0.2, -0.15) is 0 Å². The van der Waals surface area contributed by atoms with E-state index < -0.39 is 10.0 Å². The van der Waals surface area contributed by atoms with Crippen molar-refractivity contribution in [3.05, 3.63) is 54.6 Å². The Morgan fingerprint density at radius 2 is 1.71 bits per heavy atom. The lowest BCUT2D eigenvalue weighted by atomic mass is 10.0. The number of primary sulfonamides is 1. The van der Waals surface area contributed by atoms with E-state index in [-0.39, 0.29) is 4.90 Å². The van der Waals surface area contributed by atoms with Gasteiger partial charge in [-0.25, -0.2) is 13.6 Å². The molecule has 2 aromatic carbocycles. The summed E-state index contributed by atoms with van der Waals surface area (Å²) in [6.07, 6.45) is 0. The first-order chi connectivity index (χ1) is 11.5. The summed E-state index contributed by atoms with van der Waals surface area (Å²) in [5.41, 5.74) is 2.90. The molecule has 6 nitrogen and oxygen atoms in total. The molecule has 0 unspecified atom stereocenters. The number of nitrogens with zero attached hydrogens (tertiary/aromatic N) is 1. The van der Waals surface area contributed by atoms with Crippen LogP contribution in [0.25, 0.3) is 22.4 Å². The minimum Gasteiger partial charge on any atom is -0.464 e. The van der Waals surface area contributed by atoms with Crippen LogP contribution in [0.4, 0.5) is 0 Å². The van der Waals surface area contributed by atoms with Crippen LogP contribution in [0.2, 0.25) is 0 Å². The van der Waals surface area contributed by atoms with Crippen LogP contribution in [0.5, 0.6) is 5.95 Å². The fraction of sp³-hybridized carbons (Fsp3) is 0.118. The maximum Gasteiger partial charge on any atom is 0.319 e. The Morgan fingerprint density at radius 1 is 1.04 bits per heavy atom. The van der Waals surface area contributed by atoms with Crippen molar-refractivity contribution < 1.29 is 17.7 Å². The molecule has 0 bridgehead atoms. The zero-order valence-electron chi connectivity index (χ0n) is 13.0. The number of nitrogens with two attached hydrogens (primary N) is 1. The van der Waals surface area contributed by atoms with Crippen LogP contribution in [0.3, 0.4) is 0 Å². The van der Waals surface area contributed by atoms with Crippen LogP contribution in [0, 0.1) is 0 Å². The summed E-state index contributed by atoms with van der Waals surface area (Å²) in [5, 5.41) is 9.25. The first kappa shape index (κ1) is 16.2. The largest absolute Gasteiger partial charge is 0.464 e. The third kappa shape index (κ3) is 3.17. The first-order valence-electron chi connectivity index (χ1n) is 7.32. The van der Waals surface area contributed by atoms with E-state index in [1.54, 1.807) is 12.1 Å². The van der Waals surface area contributed by atoms with Gasteiger partial charge in [-0.3, -0.25) is 0 Å². The first-order valence-corrected chi connectivity index (χ1v) is 8.86. The van der Waals surface area contributed by atoms with Gasteiger partial charge in [-0.15, -0.1) is 0 Å². The molecule has 0 saturated carbocycles. The van der Waals surface area contributed by atoms with Crippen molar-refractivity contribution in [2.45, 2.75) is 11.8 Å². The second-order valence-electron chi connectivity index (χ2n) is 5.06. The van der Waals surface area contributed by atoms with Gasteiger partial charge < -0.3 is 9.26 Å². The average Bonchev–Trinajstić information content (AvgIpc) is 2.99. The van der Waals surface area contributed by atoms with Gasteiger partial charge in [0, 0.05) is 5.56 Å². The number of hydrogen-bond acceptors (Lipinski definition) is 5. The molecule has 1 heterocycles. The van der Waals surface area contributed by atoms with Gasteiger partial charge in [0.05, 0.1) is 17.1 Å². The zero-order valence-corrected chi connectivity index (χ0v) is 13.8. The number of sulfonamides is 1. The summed E-state index contributed by atoms with van der Waals surface area (Å²) >= 11 is 0. The zero-order chi connectivity index (χ0) is 17.2. The van der Waals surface area contributed by atoms with Crippen molar-refractivity contribution in [3.8, 4) is 28.3 Å². The van der Waals surface area contributed by atoms with Gasteiger partial charge in [0.25, 0.3) is 0 Å². The SMILES string of the molecule is CCOc1onc(-c2ccccc2)c1-c1ccc(S(N)(=O)=O)cc1. The Hall–Kier alpha value is -2.64. The molecule has 0 aliphatic rings. The maximum absolute atomic E-state index is 11.4. The maximum atomic E-state index is 11.4. The van der Waals surface area contributed by atoms with Crippen LogP contribution in [-0.4, -0.2) is 20.2 Å². The molecule has 0 aliphatic carbocycles. The van der Waals surface area contributed by atoms with Gasteiger partial charge >= 0.3 is 5.95 Å². The van der Waals surface area contributed by atoms with Crippen molar-refractivity contribution in [2.75, 3.05) is 6.61 Å². The topological polar surface area (TPSA) is 95.4 Å². The predicted molar refractivity (Wildman–Crippen MR) is 89.9 cm³/mol. The van der Waals surface area contributed by atoms with Crippen LogP contribution in [0.1, 0.15) is 6.92 Å². The number of aromatic nitrogens is 1. The van der Waals surface area contributed by atoms with Gasteiger partial charge in [0.1, 0.15) is 5.69 Å². The molecular formula is C17H16N2O4S. The summed E-state index contributed by atoms with van der Waals surface area (Å²) in [7, 11) is -3.74. The number of rotatable bonds is 5. The fourth-order valence-electron chi connectivity index (χ4n) is 2.36. The molecule has 3 aromatic rings. The molecule has 24 heavy (non-hydrogen) atoms. The van der Waals surface area contributed by atoms with E-state index in [1.807, 2.05) is 37.3 Å². The summed E-state index contributed by atoms with van der Waals surface area (Å²) in [4.78, 5) is 0.0434. The molecule has 0 amide bonds. The lowest BCUT2D eigenvalue weighted by Crippen LogP contribution is -2.11. The highest BCUT2D eigenvalue weighted by Gasteiger charge is 2.21. The standard InChI is InChI=1S/C17H16N2O4S/c1-2-22-17-15(12-8-10-14(11-9-12)24(18,20)21)16(19-23-17)13-6-4-3-5-7-13/h3-11H,2H2,1H3,(H2,18,20,21). The van der Waals surface area contributed by atoms with E-state index in [1.165, 1.54) is 12.1 Å². The third-order valence-corrected chi connectivity index (χ3v) is 4.38. The van der Waals surface area contributed by atoms with E-state index in [9.17, 15) is 8.42 Å². The second-order valence-corrected chi connectivity index (χ2v) is 6.62. The Bertz CT molecular complexity index is 932. The van der Waals surface area contributed by atoms with Crippen LogP contribution in [0.15, 0.2) is 64.0 Å². The molecule has 0 aliphatic heterocycles. The van der Waals surface area contributed by atoms with E-state index in [0.29, 0.717) is 23.8 Å². The quantitative estimate of drug-likeness (QED) is 0.767. The molecular weight excluding hydrogens is 328 g/mol. The highest BCUT2D eigenvalue weighted by molar-refractivity contribution is 7.89. The fourth-order valence-corrected chi connectivity index (χ4v) is 2.88. The minimum atomic E-state index is -3.74. The molecule has 2 N–H and O–H groups in total. The van der Waals surface area contributed by atoms with Gasteiger partial charge in [-0.1, -0.05) is 47.6 Å². The van der Waals surface area contributed by atoms with Gasteiger partial charge in [0.2, 0.25) is 10.0 Å². The Balaban J connectivity index is 2.13. The lowest BCUT2D eigenvalue weighted by molar-refractivity contribution is 0.227. The summed E-state index contributed by atoms with van der Waals surface area (Å²) in [5.74, 6) is 0.291. The third-order valence-electron chi connectivity index (χ3n) is 3.45. The smallest absolute Gasteiger partial charge is 0.319 e. The Labute approximate surface area is 139 Å². The van der Waals surface area contributed by atoms with Gasteiger partial charge in [0.15, 0.2) is 0 Å². The highest BCUT2D eigenvalue weighted by atomic mass is 32.2. The molecule has 0 atom stereocenters. The second kappa shape index (κ2) is 6.46. The van der Waals surface area contributed by atoms with Crippen LogP contribution in [-0.2, 0) is 10.0 Å². The Morgan fingerprint density at radius 3 is 2.29 bits per heavy atom. The minimum absolute atomic E-state index is 0.0434. The van der Waals surface area contributed by atoms with Crippen molar-refractivity contribution in [2.24, 2.45) is 5.14 Å². The number of hydrogen-bond donors (Lipinski definition) is 1. The molecule has 0 spiro atoms. The van der Waals surface area contributed by atoms with E-state index in [0.717, 1.165) is 11.1 Å². The molecule has 3 rings (SSSR count). The van der Waals surface area contributed by atoms with E-state index in [2.05, 4.69) is 5.16 Å². The van der Waals surface area contributed by atoms with E-state index >= 15 is 0 Å². The van der Waals surface area contributed by atoms with Crippen molar-refractivity contribution >= 4 is 10.0 Å². The normalized spacial score (nSPS) is 11.4. The molecule has 1 aromatic heterocycles. The monoisotopic (exact) mass is 344 g/mol. The number of ether oxygens (including phenoxy) is 1. The molecule has 0 fully saturated rings. The summed E-state index contributed by atoms with van der Waals surface area (Å²) in [6, 6.07) is 15.7. The average molecular weight is 344 g/mol. The van der Waals surface area contributed by atoms with Crippen molar-refractivity contribution in [1.29, 1.82) is 0 Å². The Kier molecular flexibility index (Phi) is 4.37. The predicted octanol–water partition coefficient (Wildman–Crippen LogP) is 3.05. The van der Waals surface area contributed by atoms with Crippen molar-refractivity contribution in [1.82, 2.24) is 5.16 Å². The number of benzene rings is 2. The lowest BCUT2D eigenvalue weighted by Gasteiger charge is -2.06. The highest BCUT2D eigenvalue weighted by Crippen LogP contribution is 2.39. The molecule has 0 saturated heterocycles. The molecule has 0 radical (unpaired) electrons. The van der Waals surface area contributed by atoms with E-state index in [4.69, 9.17) is 14.4 Å². The van der Waals surface area contributed by atoms with Crippen LogP contribution >= 0.6 is 0 Å². The summed E-state index contributed by atoms with van der Waals surface area (Å²) in [6.45, 7) is 2.27. The molecule has 7 heteroatoms. The van der Waals surface area contributed by atoms with Crippen LogP contribution < -0.4 is 9.88 Å².